The minimum Gasteiger partial charge on any atom is -0.484 e. The maximum Gasteiger partial charge on any atom is 0.277 e. The van der Waals surface area contributed by atoms with Crippen LogP contribution in [0.2, 0.25) is 0 Å². The number of amides is 1. The summed E-state index contributed by atoms with van der Waals surface area (Å²) in [5.74, 6) is 1.70. The molecule has 0 N–H and O–H groups in total. The fraction of sp³-hybridized carbons (Fsp3) is 0.231. The molecule has 1 atom stereocenters. The van der Waals surface area contributed by atoms with Crippen LogP contribution < -0.4 is 4.74 Å². The molecule has 1 unspecified atom stereocenters. The third-order valence-corrected chi connectivity index (χ3v) is 6.34. The van der Waals surface area contributed by atoms with Gasteiger partial charge in [0.15, 0.2) is 6.61 Å². The van der Waals surface area contributed by atoms with Gasteiger partial charge in [0.25, 0.3) is 17.0 Å². The van der Waals surface area contributed by atoms with Gasteiger partial charge in [0.2, 0.25) is 0 Å². The van der Waals surface area contributed by atoms with E-state index in [-0.39, 0.29) is 24.3 Å². The summed E-state index contributed by atoms with van der Waals surface area (Å²) in [4.78, 5) is 13.1. The summed E-state index contributed by atoms with van der Waals surface area (Å²) in [5, 5.41) is 14.5. The van der Waals surface area contributed by atoms with Crippen molar-refractivity contribution in [1.29, 1.82) is 0 Å². The molecule has 2 aromatic carbocycles. The van der Waals surface area contributed by atoms with Crippen LogP contribution in [-0.4, -0.2) is 32.6 Å². The number of hydrogen-bond donors (Lipinski definition) is 0. The Labute approximate surface area is 207 Å². The van der Waals surface area contributed by atoms with Crippen LogP contribution in [0.3, 0.4) is 0 Å². The van der Waals surface area contributed by atoms with Crippen molar-refractivity contribution in [2.45, 2.75) is 38.1 Å². The highest BCUT2D eigenvalue weighted by Crippen LogP contribution is 2.34. The quantitative estimate of drug-likeness (QED) is 0.310. The SMILES string of the molecule is Cc1ccc(C2=NN(C(=O)CSc3nnc(COc4cccc(C)c4)o3)C(c3ccco3)C2)cc1. The highest BCUT2D eigenvalue weighted by molar-refractivity contribution is 7.99. The summed E-state index contributed by atoms with van der Waals surface area (Å²) < 4.78 is 17.0. The Kier molecular flexibility index (Phi) is 6.67. The number of ether oxygens (including phenoxy) is 1. The van der Waals surface area contributed by atoms with Crippen LogP contribution >= 0.6 is 11.8 Å². The summed E-state index contributed by atoms with van der Waals surface area (Å²) in [5.41, 5.74) is 4.11. The third-order valence-electron chi connectivity index (χ3n) is 5.54. The van der Waals surface area contributed by atoms with Crippen LogP contribution in [0.4, 0.5) is 0 Å². The van der Waals surface area contributed by atoms with E-state index in [9.17, 15) is 4.79 Å². The molecule has 1 aliphatic heterocycles. The molecule has 0 spiro atoms. The summed E-state index contributed by atoms with van der Waals surface area (Å²) in [6.07, 6.45) is 2.18. The number of carbonyl (C=O) groups is 1. The van der Waals surface area contributed by atoms with Crippen LogP contribution in [-0.2, 0) is 11.4 Å². The average molecular weight is 489 g/mol. The van der Waals surface area contributed by atoms with Crippen molar-refractivity contribution in [1.82, 2.24) is 15.2 Å². The molecular formula is C26H24N4O4S. The number of aromatic nitrogens is 2. The molecule has 0 fully saturated rings. The zero-order chi connectivity index (χ0) is 24.2. The Bertz CT molecular complexity index is 1330. The monoisotopic (exact) mass is 488 g/mol. The van der Waals surface area contributed by atoms with E-state index < -0.39 is 0 Å². The van der Waals surface area contributed by atoms with Gasteiger partial charge in [0, 0.05) is 6.42 Å². The lowest BCUT2D eigenvalue weighted by Gasteiger charge is -2.19. The highest BCUT2D eigenvalue weighted by atomic mass is 32.2. The Morgan fingerprint density at radius 1 is 1.09 bits per heavy atom. The number of thioether (sulfide) groups is 1. The molecule has 0 radical (unpaired) electrons. The van der Waals surface area contributed by atoms with E-state index in [4.69, 9.17) is 13.6 Å². The normalized spacial score (nSPS) is 15.3. The number of furan rings is 1. The number of carbonyl (C=O) groups excluding carboxylic acids is 1. The van der Waals surface area contributed by atoms with Crippen LogP contribution in [0, 0.1) is 13.8 Å². The van der Waals surface area contributed by atoms with E-state index in [2.05, 4.69) is 15.3 Å². The smallest absolute Gasteiger partial charge is 0.277 e. The van der Waals surface area contributed by atoms with Crippen molar-refractivity contribution in [3.05, 3.63) is 95.3 Å². The van der Waals surface area contributed by atoms with Crippen molar-refractivity contribution < 1.29 is 18.4 Å². The second-order valence-electron chi connectivity index (χ2n) is 8.24. The zero-order valence-corrected chi connectivity index (χ0v) is 20.2. The third kappa shape index (κ3) is 5.46. The van der Waals surface area contributed by atoms with Gasteiger partial charge in [-0.25, -0.2) is 5.01 Å². The van der Waals surface area contributed by atoms with E-state index in [0.29, 0.717) is 23.3 Å². The first-order valence-corrected chi connectivity index (χ1v) is 12.2. The molecular weight excluding hydrogens is 464 g/mol. The minimum atomic E-state index is -0.296. The molecule has 2 aromatic heterocycles. The van der Waals surface area contributed by atoms with Gasteiger partial charge in [-0.05, 0) is 49.2 Å². The van der Waals surface area contributed by atoms with Crippen molar-refractivity contribution in [3.8, 4) is 5.75 Å². The lowest BCUT2D eigenvalue weighted by atomic mass is 10.0. The topological polar surface area (TPSA) is 94.0 Å². The van der Waals surface area contributed by atoms with E-state index in [1.54, 1.807) is 6.26 Å². The van der Waals surface area contributed by atoms with Crippen LogP contribution in [0.15, 0.2) is 86.1 Å². The molecule has 5 rings (SSSR count). The molecule has 0 saturated heterocycles. The molecule has 35 heavy (non-hydrogen) atoms. The highest BCUT2D eigenvalue weighted by Gasteiger charge is 2.35. The molecule has 0 bridgehead atoms. The first-order valence-electron chi connectivity index (χ1n) is 11.2. The molecule has 9 heteroatoms. The first-order chi connectivity index (χ1) is 17.0. The van der Waals surface area contributed by atoms with E-state index in [1.807, 2.05) is 74.5 Å². The van der Waals surface area contributed by atoms with Crippen LogP contribution in [0.25, 0.3) is 0 Å². The van der Waals surface area contributed by atoms with Crippen LogP contribution in [0.1, 0.15) is 40.8 Å². The predicted octanol–water partition coefficient (Wildman–Crippen LogP) is 5.33. The second kappa shape index (κ2) is 10.2. The predicted molar refractivity (Wildman–Crippen MR) is 131 cm³/mol. The van der Waals surface area contributed by atoms with Crippen molar-refractivity contribution >= 4 is 23.4 Å². The summed E-state index contributed by atoms with van der Waals surface area (Å²) in [6, 6.07) is 19.2. The number of nitrogens with zero attached hydrogens (tertiary/aromatic N) is 4. The van der Waals surface area contributed by atoms with Gasteiger partial charge in [0.1, 0.15) is 17.6 Å². The number of hydrogen-bond acceptors (Lipinski definition) is 8. The summed E-state index contributed by atoms with van der Waals surface area (Å²) in [7, 11) is 0. The maximum absolute atomic E-state index is 13.1. The fourth-order valence-corrected chi connectivity index (χ4v) is 4.39. The van der Waals surface area contributed by atoms with Crippen molar-refractivity contribution in [2.24, 2.45) is 5.10 Å². The van der Waals surface area contributed by atoms with Crippen molar-refractivity contribution in [2.75, 3.05) is 5.75 Å². The molecule has 4 aromatic rings. The Balaban J connectivity index is 1.23. The van der Waals surface area contributed by atoms with E-state index in [1.165, 1.54) is 22.3 Å². The Morgan fingerprint density at radius 2 is 1.94 bits per heavy atom. The minimum absolute atomic E-state index is 0.0995. The van der Waals surface area contributed by atoms with Gasteiger partial charge in [-0.1, -0.05) is 53.7 Å². The molecule has 1 aliphatic rings. The van der Waals surface area contributed by atoms with Gasteiger partial charge < -0.3 is 13.6 Å². The van der Waals surface area contributed by atoms with Gasteiger partial charge in [-0.2, -0.15) is 5.10 Å². The first kappa shape index (κ1) is 22.9. The number of benzene rings is 2. The summed E-state index contributed by atoms with van der Waals surface area (Å²) >= 11 is 1.17. The zero-order valence-electron chi connectivity index (χ0n) is 19.4. The van der Waals surface area contributed by atoms with Gasteiger partial charge in [0.05, 0.1) is 17.7 Å². The standard InChI is InChI=1S/C26H24N4O4S/c1-17-8-10-19(11-9-17)21-14-22(23-7-4-12-32-23)30(29-21)25(31)16-35-26-28-27-24(34-26)15-33-20-6-3-5-18(2)13-20/h3-13,22H,14-16H2,1-2H3. The molecule has 1 amide bonds. The average Bonchev–Trinajstić information content (AvgIpc) is 3.62. The molecule has 178 valence electrons. The second-order valence-corrected chi connectivity index (χ2v) is 9.17. The Morgan fingerprint density at radius 3 is 2.71 bits per heavy atom. The van der Waals surface area contributed by atoms with Crippen molar-refractivity contribution in [3.63, 3.8) is 0 Å². The van der Waals surface area contributed by atoms with Crippen LogP contribution in [0.5, 0.6) is 5.75 Å². The lowest BCUT2D eigenvalue weighted by Crippen LogP contribution is -2.28. The number of rotatable bonds is 8. The molecule has 0 saturated carbocycles. The number of aryl methyl sites for hydroxylation is 2. The van der Waals surface area contributed by atoms with E-state index >= 15 is 0 Å². The Hall–Kier alpha value is -3.85. The maximum atomic E-state index is 13.1. The number of hydrazone groups is 1. The van der Waals surface area contributed by atoms with Gasteiger partial charge >= 0.3 is 0 Å². The molecule has 0 aliphatic carbocycles. The molecule has 3 heterocycles. The van der Waals surface area contributed by atoms with Gasteiger partial charge in [-0.3, -0.25) is 4.79 Å². The molecule has 8 nitrogen and oxygen atoms in total. The largest absolute Gasteiger partial charge is 0.484 e. The fourth-order valence-electron chi connectivity index (χ4n) is 3.76. The lowest BCUT2D eigenvalue weighted by molar-refractivity contribution is -0.130. The van der Waals surface area contributed by atoms with Gasteiger partial charge in [-0.15, -0.1) is 10.2 Å². The van der Waals surface area contributed by atoms with E-state index in [0.717, 1.165) is 22.6 Å². The summed E-state index contributed by atoms with van der Waals surface area (Å²) in [6.45, 7) is 4.19.